The van der Waals surface area contributed by atoms with E-state index >= 15 is 0 Å². The highest BCUT2D eigenvalue weighted by Gasteiger charge is 2.17. The molecule has 0 atom stereocenters. The first kappa shape index (κ1) is 11.1. The van der Waals surface area contributed by atoms with Gasteiger partial charge in [-0.3, -0.25) is 0 Å². The summed E-state index contributed by atoms with van der Waals surface area (Å²) in [5.41, 5.74) is 5.93. The van der Waals surface area contributed by atoms with Crippen molar-refractivity contribution in [1.82, 2.24) is 4.98 Å². The molecule has 14 heavy (non-hydrogen) atoms. The van der Waals surface area contributed by atoms with Crippen LogP contribution in [0.2, 0.25) is 5.15 Å². The zero-order valence-corrected chi connectivity index (χ0v) is 9.43. The van der Waals surface area contributed by atoms with Crippen LogP contribution in [0.3, 0.4) is 0 Å². The van der Waals surface area contributed by atoms with Crippen molar-refractivity contribution in [2.45, 2.75) is 32.8 Å². The van der Waals surface area contributed by atoms with Crippen molar-refractivity contribution in [2.75, 3.05) is 5.73 Å². The molecule has 4 heteroatoms. The molecule has 1 aromatic heterocycles. The van der Waals surface area contributed by atoms with Gasteiger partial charge in [-0.25, -0.2) is 4.98 Å². The monoisotopic (exact) mass is 214 g/mol. The van der Waals surface area contributed by atoms with Crippen LogP contribution < -0.4 is 10.5 Å². The van der Waals surface area contributed by atoms with Crippen LogP contribution in [0.1, 0.15) is 27.2 Å². The summed E-state index contributed by atoms with van der Waals surface area (Å²) in [6.07, 6.45) is 0.890. The lowest BCUT2D eigenvalue weighted by Crippen LogP contribution is -2.27. The summed E-state index contributed by atoms with van der Waals surface area (Å²) in [5, 5.41) is 0.354. The Kier molecular flexibility index (Phi) is 3.21. The van der Waals surface area contributed by atoms with Gasteiger partial charge in [-0.15, -0.1) is 0 Å². The Labute approximate surface area is 89.2 Å². The van der Waals surface area contributed by atoms with E-state index < -0.39 is 0 Å². The van der Waals surface area contributed by atoms with Crippen molar-refractivity contribution in [3.05, 3.63) is 17.3 Å². The minimum Gasteiger partial charge on any atom is -0.472 e. The van der Waals surface area contributed by atoms with Crippen molar-refractivity contribution in [1.29, 1.82) is 0 Å². The smallest absolute Gasteiger partial charge is 0.217 e. The summed E-state index contributed by atoms with van der Waals surface area (Å²) in [6, 6.07) is 3.26. The first-order chi connectivity index (χ1) is 6.43. The quantitative estimate of drug-likeness (QED) is 0.788. The summed E-state index contributed by atoms with van der Waals surface area (Å²) in [6.45, 7) is 6.03. The minimum absolute atomic E-state index is 0.246. The molecule has 3 nitrogen and oxygen atoms in total. The highest BCUT2D eigenvalue weighted by molar-refractivity contribution is 6.29. The fourth-order valence-corrected chi connectivity index (χ4v) is 1.11. The second-order valence-electron chi connectivity index (χ2n) is 3.78. The van der Waals surface area contributed by atoms with E-state index in [2.05, 4.69) is 4.98 Å². The molecule has 0 saturated heterocycles. The fourth-order valence-electron chi connectivity index (χ4n) is 0.899. The lowest BCUT2D eigenvalue weighted by molar-refractivity contribution is 0.0992. The zero-order chi connectivity index (χ0) is 10.8. The van der Waals surface area contributed by atoms with Crippen LogP contribution in [-0.2, 0) is 0 Å². The van der Waals surface area contributed by atoms with Gasteiger partial charge in [-0.1, -0.05) is 18.5 Å². The van der Waals surface area contributed by atoms with Gasteiger partial charge in [-0.05, 0) is 26.3 Å². The second-order valence-corrected chi connectivity index (χ2v) is 4.16. The third-order valence-corrected chi connectivity index (χ3v) is 2.22. The molecule has 0 aliphatic carbocycles. The Morgan fingerprint density at radius 3 is 2.64 bits per heavy atom. The van der Waals surface area contributed by atoms with E-state index in [0.29, 0.717) is 16.7 Å². The summed E-state index contributed by atoms with van der Waals surface area (Å²) in [4.78, 5) is 4.03. The van der Waals surface area contributed by atoms with E-state index in [-0.39, 0.29) is 5.60 Å². The number of anilines is 1. The lowest BCUT2D eigenvalue weighted by atomic mass is 10.1. The Morgan fingerprint density at radius 2 is 2.14 bits per heavy atom. The molecule has 0 bridgehead atoms. The predicted octanol–water partition coefficient (Wildman–Crippen LogP) is 2.88. The number of halogens is 1. The number of hydrogen-bond acceptors (Lipinski definition) is 3. The zero-order valence-electron chi connectivity index (χ0n) is 8.67. The molecule has 1 rings (SSSR count). The molecule has 0 saturated carbocycles. The Bertz CT molecular complexity index is 306. The Hall–Kier alpha value is -0.960. The largest absolute Gasteiger partial charge is 0.472 e. The molecule has 0 unspecified atom stereocenters. The van der Waals surface area contributed by atoms with Crippen LogP contribution >= 0.6 is 11.6 Å². The van der Waals surface area contributed by atoms with E-state index in [9.17, 15) is 0 Å². The van der Waals surface area contributed by atoms with E-state index in [4.69, 9.17) is 22.1 Å². The van der Waals surface area contributed by atoms with Crippen LogP contribution in [0, 0.1) is 0 Å². The average molecular weight is 215 g/mol. The molecule has 0 spiro atoms. The summed E-state index contributed by atoms with van der Waals surface area (Å²) >= 11 is 5.75. The van der Waals surface area contributed by atoms with Gasteiger partial charge in [0.2, 0.25) is 5.88 Å². The molecule has 0 aliphatic heterocycles. The Balaban J connectivity index is 2.87. The van der Waals surface area contributed by atoms with E-state index in [1.807, 2.05) is 20.8 Å². The maximum Gasteiger partial charge on any atom is 0.217 e. The van der Waals surface area contributed by atoms with E-state index in [1.54, 1.807) is 12.1 Å². The molecule has 0 fully saturated rings. The van der Waals surface area contributed by atoms with Crippen molar-refractivity contribution >= 4 is 17.3 Å². The second kappa shape index (κ2) is 4.05. The first-order valence-corrected chi connectivity index (χ1v) is 4.93. The summed E-state index contributed by atoms with van der Waals surface area (Å²) in [5.74, 6) is 0.474. The normalized spacial score (nSPS) is 11.4. The number of pyridine rings is 1. The topological polar surface area (TPSA) is 48.1 Å². The van der Waals surface area contributed by atoms with Crippen molar-refractivity contribution in [2.24, 2.45) is 0 Å². The maximum atomic E-state index is 5.75. The third kappa shape index (κ3) is 3.07. The molecule has 2 N–H and O–H groups in total. The highest BCUT2D eigenvalue weighted by Crippen LogP contribution is 2.23. The van der Waals surface area contributed by atoms with Gasteiger partial charge in [0.05, 0.1) is 0 Å². The predicted molar refractivity (Wildman–Crippen MR) is 58.7 cm³/mol. The first-order valence-electron chi connectivity index (χ1n) is 4.55. The van der Waals surface area contributed by atoms with Crippen LogP contribution in [0.5, 0.6) is 5.88 Å². The Morgan fingerprint density at radius 1 is 1.50 bits per heavy atom. The molecule has 0 aliphatic rings. The van der Waals surface area contributed by atoms with Gasteiger partial charge in [0.25, 0.3) is 0 Å². The average Bonchev–Trinajstić information content (AvgIpc) is 2.01. The van der Waals surface area contributed by atoms with Gasteiger partial charge in [0, 0.05) is 11.8 Å². The van der Waals surface area contributed by atoms with Gasteiger partial charge in [0.1, 0.15) is 10.8 Å². The minimum atomic E-state index is -0.246. The van der Waals surface area contributed by atoms with Crippen LogP contribution in [0.4, 0.5) is 5.69 Å². The number of ether oxygens (including phenoxy) is 1. The molecule has 0 amide bonds. The van der Waals surface area contributed by atoms with Crippen LogP contribution in [-0.4, -0.2) is 10.6 Å². The fraction of sp³-hybridized carbons (Fsp3) is 0.500. The standard InChI is InChI=1S/C10H15ClN2O/c1-4-10(2,3)14-9-6-7(12)5-8(11)13-9/h5-6H,4H2,1-3H3,(H2,12,13). The van der Waals surface area contributed by atoms with Gasteiger partial charge >= 0.3 is 0 Å². The molecule has 1 heterocycles. The molecule has 78 valence electrons. The van der Waals surface area contributed by atoms with Crippen LogP contribution in [0.15, 0.2) is 12.1 Å². The molecule has 0 aromatic carbocycles. The highest BCUT2D eigenvalue weighted by atomic mass is 35.5. The number of aromatic nitrogens is 1. The van der Waals surface area contributed by atoms with Crippen molar-refractivity contribution < 1.29 is 4.74 Å². The number of rotatable bonds is 3. The third-order valence-electron chi connectivity index (χ3n) is 2.03. The molecular weight excluding hydrogens is 200 g/mol. The van der Waals surface area contributed by atoms with Crippen molar-refractivity contribution in [3.8, 4) is 5.88 Å². The van der Waals surface area contributed by atoms with Crippen LogP contribution in [0.25, 0.3) is 0 Å². The molecular formula is C10H15ClN2O. The number of nitrogens with two attached hydrogens (primary N) is 1. The SMILES string of the molecule is CCC(C)(C)Oc1cc(N)cc(Cl)n1. The summed E-state index contributed by atoms with van der Waals surface area (Å²) < 4.78 is 5.64. The summed E-state index contributed by atoms with van der Waals surface area (Å²) in [7, 11) is 0. The van der Waals surface area contributed by atoms with Gasteiger partial charge in [-0.2, -0.15) is 0 Å². The number of nitrogen functional groups attached to an aromatic ring is 1. The van der Waals surface area contributed by atoms with E-state index in [0.717, 1.165) is 6.42 Å². The van der Waals surface area contributed by atoms with Gasteiger partial charge in [0.15, 0.2) is 0 Å². The molecule has 1 aromatic rings. The van der Waals surface area contributed by atoms with E-state index in [1.165, 1.54) is 0 Å². The van der Waals surface area contributed by atoms with Crippen molar-refractivity contribution in [3.63, 3.8) is 0 Å². The number of hydrogen-bond donors (Lipinski definition) is 1. The lowest BCUT2D eigenvalue weighted by Gasteiger charge is -2.24. The van der Waals surface area contributed by atoms with Gasteiger partial charge < -0.3 is 10.5 Å². The molecule has 0 radical (unpaired) electrons. The maximum absolute atomic E-state index is 5.75. The number of nitrogens with zero attached hydrogens (tertiary/aromatic N) is 1.